The molecule has 8 heteroatoms. The number of hydrazone groups is 1. The molecule has 1 N–H and O–H groups in total. The second kappa shape index (κ2) is 8.13. The average Bonchev–Trinajstić information content (AvgIpc) is 2.70. The van der Waals surface area contributed by atoms with Gasteiger partial charge in [-0.1, -0.05) is 24.3 Å². The topological polar surface area (TPSA) is 97.3 Å². The number of rotatable bonds is 5. The minimum atomic E-state index is -0.442. The highest BCUT2D eigenvalue weighted by Crippen LogP contribution is 2.31. The molecule has 0 aromatic heterocycles. The van der Waals surface area contributed by atoms with Gasteiger partial charge in [-0.2, -0.15) is 5.10 Å². The Balaban J connectivity index is 1.59. The van der Waals surface area contributed by atoms with E-state index in [9.17, 15) is 14.4 Å². The second-order valence-electron chi connectivity index (χ2n) is 5.64. The van der Waals surface area contributed by atoms with Crippen LogP contribution in [0.1, 0.15) is 15.9 Å². The summed E-state index contributed by atoms with van der Waals surface area (Å²) < 4.78 is 9.96. The normalized spacial score (nSPS) is 13.1. The van der Waals surface area contributed by atoms with Crippen LogP contribution in [0.25, 0.3) is 0 Å². The number of esters is 1. The highest BCUT2D eigenvalue weighted by atomic mass is 16.5. The maximum absolute atomic E-state index is 12.1. The van der Waals surface area contributed by atoms with E-state index in [1.54, 1.807) is 48.5 Å². The van der Waals surface area contributed by atoms with Crippen LogP contribution < -0.4 is 15.1 Å². The van der Waals surface area contributed by atoms with Gasteiger partial charge in [0.25, 0.3) is 11.8 Å². The summed E-state index contributed by atoms with van der Waals surface area (Å²) in [6.45, 7) is -0.280. The average molecular weight is 367 g/mol. The van der Waals surface area contributed by atoms with Crippen molar-refractivity contribution in [2.24, 2.45) is 5.10 Å². The SMILES string of the molecule is COC(=O)c1ccc(/C=N\NC(=O)CN2C(=O)COc3ccccc32)cc1. The fraction of sp³-hybridized carbons (Fsp3) is 0.158. The number of hydrogen-bond donors (Lipinski definition) is 1. The Hall–Kier alpha value is -3.68. The summed E-state index contributed by atoms with van der Waals surface area (Å²) in [5.74, 6) is -0.616. The second-order valence-corrected chi connectivity index (χ2v) is 5.64. The Labute approximate surface area is 155 Å². The largest absolute Gasteiger partial charge is 0.482 e. The molecule has 0 aliphatic carbocycles. The van der Waals surface area contributed by atoms with E-state index in [0.29, 0.717) is 22.6 Å². The predicted octanol–water partition coefficient (Wildman–Crippen LogP) is 1.35. The first-order chi connectivity index (χ1) is 13.1. The van der Waals surface area contributed by atoms with E-state index in [1.807, 2.05) is 0 Å². The maximum atomic E-state index is 12.1. The van der Waals surface area contributed by atoms with Gasteiger partial charge in [0.15, 0.2) is 6.61 Å². The predicted molar refractivity (Wildman–Crippen MR) is 97.8 cm³/mol. The highest BCUT2D eigenvalue weighted by molar-refractivity contribution is 6.02. The molecule has 0 saturated carbocycles. The Kier molecular flexibility index (Phi) is 5.46. The maximum Gasteiger partial charge on any atom is 0.337 e. The summed E-state index contributed by atoms with van der Waals surface area (Å²) in [4.78, 5) is 36.9. The number of carbonyl (C=O) groups excluding carboxylic acids is 3. The Bertz CT molecular complexity index is 892. The molecule has 0 spiro atoms. The number of ether oxygens (including phenoxy) is 2. The van der Waals surface area contributed by atoms with Gasteiger partial charge in [-0.05, 0) is 29.8 Å². The molecule has 3 rings (SSSR count). The van der Waals surface area contributed by atoms with E-state index in [-0.39, 0.29) is 19.1 Å². The van der Waals surface area contributed by atoms with E-state index in [1.165, 1.54) is 18.2 Å². The number of methoxy groups -OCH3 is 1. The fourth-order valence-electron chi connectivity index (χ4n) is 2.51. The molecule has 1 aliphatic heterocycles. The number of anilines is 1. The lowest BCUT2D eigenvalue weighted by Crippen LogP contribution is -2.44. The van der Waals surface area contributed by atoms with Gasteiger partial charge in [0.1, 0.15) is 12.3 Å². The van der Waals surface area contributed by atoms with Crippen LogP contribution in [0, 0.1) is 0 Å². The monoisotopic (exact) mass is 367 g/mol. The van der Waals surface area contributed by atoms with Crippen molar-refractivity contribution in [3.8, 4) is 5.75 Å². The number of nitrogens with one attached hydrogen (secondary N) is 1. The number of benzene rings is 2. The molecule has 27 heavy (non-hydrogen) atoms. The Morgan fingerprint density at radius 3 is 2.70 bits per heavy atom. The van der Waals surface area contributed by atoms with Gasteiger partial charge in [0, 0.05) is 0 Å². The van der Waals surface area contributed by atoms with Crippen LogP contribution in [0.4, 0.5) is 5.69 Å². The molecule has 2 aromatic rings. The molecule has 0 unspecified atom stereocenters. The van der Waals surface area contributed by atoms with Crippen molar-refractivity contribution in [3.63, 3.8) is 0 Å². The quantitative estimate of drug-likeness (QED) is 0.489. The number of amides is 2. The summed E-state index contributed by atoms with van der Waals surface area (Å²) in [6.07, 6.45) is 1.44. The molecule has 1 heterocycles. The van der Waals surface area contributed by atoms with Crippen LogP contribution in [0.3, 0.4) is 0 Å². The molecule has 2 amide bonds. The minimum absolute atomic E-state index is 0.111. The number of fused-ring (bicyclic) bond motifs is 1. The molecule has 0 saturated heterocycles. The van der Waals surface area contributed by atoms with E-state index < -0.39 is 11.9 Å². The van der Waals surface area contributed by atoms with Crippen LogP contribution in [-0.4, -0.2) is 44.3 Å². The van der Waals surface area contributed by atoms with E-state index in [4.69, 9.17) is 4.74 Å². The van der Waals surface area contributed by atoms with Gasteiger partial charge in [0.2, 0.25) is 0 Å². The highest BCUT2D eigenvalue weighted by Gasteiger charge is 2.26. The number of nitrogens with zero attached hydrogens (tertiary/aromatic N) is 2. The van der Waals surface area contributed by atoms with Crippen molar-refractivity contribution in [1.29, 1.82) is 0 Å². The first-order valence-electron chi connectivity index (χ1n) is 8.11. The number of para-hydroxylation sites is 2. The third-order valence-electron chi connectivity index (χ3n) is 3.84. The molecular weight excluding hydrogens is 350 g/mol. The molecule has 0 radical (unpaired) electrons. The zero-order valence-corrected chi connectivity index (χ0v) is 14.5. The van der Waals surface area contributed by atoms with Crippen molar-refractivity contribution < 1.29 is 23.9 Å². The molecule has 0 atom stereocenters. The lowest BCUT2D eigenvalue weighted by atomic mass is 10.1. The van der Waals surface area contributed by atoms with E-state index >= 15 is 0 Å². The van der Waals surface area contributed by atoms with Gasteiger partial charge in [-0.3, -0.25) is 14.5 Å². The first kappa shape index (κ1) is 18.1. The van der Waals surface area contributed by atoms with Gasteiger partial charge in [-0.15, -0.1) is 0 Å². The van der Waals surface area contributed by atoms with E-state index in [0.717, 1.165) is 0 Å². The van der Waals surface area contributed by atoms with Crippen molar-refractivity contribution in [3.05, 3.63) is 59.7 Å². The first-order valence-corrected chi connectivity index (χ1v) is 8.11. The van der Waals surface area contributed by atoms with Gasteiger partial charge < -0.3 is 9.47 Å². The van der Waals surface area contributed by atoms with E-state index in [2.05, 4.69) is 15.3 Å². The van der Waals surface area contributed by atoms with Crippen LogP contribution in [-0.2, 0) is 14.3 Å². The molecule has 1 aliphatic rings. The Morgan fingerprint density at radius 2 is 1.96 bits per heavy atom. The summed E-state index contributed by atoms with van der Waals surface area (Å²) in [5.41, 5.74) is 4.04. The van der Waals surface area contributed by atoms with Crippen molar-refractivity contribution in [1.82, 2.24) is 5.43 Å². The van der Waals surface area contributed by atoms with Gasteiger partial charge >= 0.3 is 5.97 Å². The summed E-state index contributed by atoms with van der Waals surface area (Å²) in [5, 5.41) is 3.87. The van der Waals surface area contributed by atoms with Gasteiger partial charge in [0.05, 0.1) is 24.6 Å². The lowest BCUT2D eigenvalue weighted by Gasteiger charge is -2.28. The molecule has 138 valence electrons. The molecule has 8 nitrogen and oxygen atoms in total. The minimum Gasteiger partial charge on any atom is -0.482 e. The third-order valence-corrected chi connectivity index (χ3v) is 3.84. The molecule has 0 bridgehead atoms. The molecule has 2 aromatic carbocycles. The molecule has 0 fully saturated rings. The van der Waals surface area contributed by atoms with Crippen LogP contribution in [0.2, 0.25) is 0 Å². The van der Waals surface area contributed by atoms with Crippen molar-refractivity contribution in [2.75, 3.05) is 25.2 Å². The lowest BCUT2D eigenvalue weighted by molar-refractivity contribution is -0.125. The van der Waals surface area contributed by atoms with Crippen LogP contribution in [0.15, 0.2) is 53.6 Å². The zero-order valence-electron chi connectivity index (χ0n) is 14.5. The Morgan fingerprint density at radius 1 is 1.22 bits per heavy atom. The smallest absolute Gasteiger partial charge is 0.337 e. The van der Waals surface area contributed by atoms with Crippen molar-refractivity contribution >= 4 is 29.7 Å². The molecular formula is C19H17N3O5. The standard InChI is InChI=1S/C19H17N3O5/c1-26-19(25)14-8-6-13(7-9-14)10-20-21-17(23)11-22-15-4-2-3-5-16(15)27-12-18(22)24/h2-10H,11-12H2,1H3,(H,21,23)/b20-10-. The summed E-state index contributed by atoms with van der Waals surface area (Å²) in [6, 6.07) is 13.5. The third kappa shape index (κ3) is 4.30. The van der Waals surface area contributed by atoms with Crippen molar-refractivity contribution in [2.45, 2.75) is 0 Å². The number of hydrogen-bond acceptors (Lipinski definition) is 6. The summed E-state index contributed by atoms with van der Waals surface area (Å²) >= 11 is 0. The zero-order chi connectivity index (χ0) is 19.2. The summed E-state index contributed by atoms with van der Waals surface area (Å²) in [7, 11) is 1.31. The van der Waals surface area contributed by atoms with Crippen LogP contribution >= 0.6 is 0 Å². The van der Waals surface area contributed by atoms with Gasteiger partial charge in [-0.25, -0.2) is 10.2 Å². The number of carbonyl (C=O) groups is 3. The fourth-order valence-corrected chi connectivity index (χ4v) is 2.51. The van der Waals surface area contributed by atoms with Crippen LogP contribution in [0.5, 0.6) is 5.75 Å².